The number of amides is 2. The van der Waals surface area contributed by atoms with Crippen molar-refractivity contribution in [3.8, 4) is 6.07 Å². The number of imide groups is 1. The van der Waals surface area contributed by atoms with E-state index in [2.05, 4.69) is 5.10 Å². The third kappa shape index (κ3) is 5.87. The van der Waals surface area contributed by atoms with Crippen LogP contribution in [-0.2, 0) is 9.47 Å². The van der Waals surface area contributed by atoms with Crippen molar-refractivity contribution in [1.29, 1.82) is 5.26 Å². The second-order valence-corrected chi connectivity index (χ2v) is 7.95. The number of halogens is 3. The van der Waals surface area contributed by atoms with Gasteiger partial charge in [0.25, 0.3) is 0 Å². The number of nitriles is 1. The second-order valence-electron chi connectivity index (χ2n) is 7.95. The predicted molar refractivity (Wildman–Crippen MR) is 92.7 cm³/mol. The fourth-order valence-electron chi connectivity index (χ4n) is 1.94. The largest absolute Gasteiger partial charge is 0.443 e. The first-order valence-corrected chi connectivity index (χ1v) is 8.28. The number of hydrogen-bond acceptors (Lipinski definition) is 6. The number of nitrogens with zero attached hydrogens (tertiary/aromatic N) is 4. The Morgan fingerprint density at radius 3 is 1.86 bits per heavy atom. The molecule has 8 nitrogen and oxygen atoms in total. The lowest BCUT2D eigenvalue weighted by Crippen LogP contribution is -2.45. The van der Waals surface area contributed by atoms with Gasteiger partial charge < -0.3 is 9.47 Å². The van der Waals surface area contributed by atoms with Crippen LogP contribution < -0.4 is 4.90 Å². The Hall–Kier alpha value is -2.77. The predicted octanol–water partition coefficient (Wildman–Crippen LogP) is 4.55. The first-order valence-electron chi connectivity index (χ1n) is 8.28. The quantitative estimate of drug-likeness (QED) is 0.717. The fraction of sp³-hybridized carbons (Fsp3) is 0.647. The maximum atomic E-state index is 13.2. The summed E-state index contributed by atoms with van der Waals surface area (Å²) in [5, 5.41) is 12.8. The minimum Gasteiger partial charge on any atom is -0.443 e. The van der Waals surface area contributed by atoms with Gasteiger partial charge in [-0.25, -0.2) is 14.3 Å². The molecule has 11 heteroatoms. The van der Waals surface area contributed by atoms with Gasteiger partial charge >= 0.3 is 18.4 Å². The molecular formula is C17H23F3N4O4. The molecule has 0 saturated heterocycles. The molecule has 1 rings (SSSR count). The highest BCUT2D eigenvalue weighted by Crippen LogP contribution is 2.35. The lowest BCUT2D eigenvalue weighted by Gasteiger charge is -2.29. The normalized spacial score (nSPS) is 13.5. The summed E-state index contributed by atoms with van der Waals surface area (Å²) in [7, 11) is 0. The average molecular weight is 404 g/mol. The van der Waals surface area contributed by atoms with Gasteiger partial charge in [-0.15, -0.1) is 0 Å². The lowest BCUT2D eigenvalue weighted by atomic mass is 10.2. The zero-order valence-corrected chi connectivity index (χ0v) is 16.7. The number of anilines is 1. The van der Waals surface area contributed by atoms with E-state index < -0.39 is 47.0 Å². The summed E-state index contributed by atoms with van der Waals surface area (Å²) in [5.41, 5.74) is -2.55. The van der Waals surface area contributed by atoms with Crippen LogP contribution in [0.25, 0.3) is 0 Å². The fourth-order valence-corrected chi connectivity index (χ4v) is 1.94. The monoisotopic (exact) mass is 404 g/mol. The van der Waals surface area contributed by atoms with Gasteiger partial charge in [0.2, 0.25) is 0 Å². The number of alkyl halides is 3. The van der Waals surface area contributed by atoms with Crippen LogP contribution in [-0.4, -0.2) is 39.3 Å². The standard InChI is InChI=1S/C17H23F3N4O4/c1-10(17(18,19)20)24-12(11(8-21)9-22-24)23(13(25)27-15(2,3)4)14(26)28-16(5,6)7/h9-10H,1-7H3/t10-/m0/s1. The molecule has 0 aliphatic carbocycles. The number of aromatic nitrogens is 2. The Labute approximate surface area is 160 Å². The Morgan fingerprint density at radius 2 is 1.54 bits per heavy atom. The van der Waals surface area contributed by atoms with E-state index in [1.165, 1.54) is 41.5 Å². The van der Waals surface area contributed by atoms with Gasteiger partial charge in [-0.1, -0.05) is 0 Å². The van der Waals surface area contributed by atoms with Crippen LogP contribution in [0.15, 0.2) is 6.20 Å². The average Bonchev–Trinajstić information content (AvgIpc) is 2.85. The molecule has 1 aromatic rings. The second kappa shape index (κ2) is 7.69. The Morgan fingerprint density at radius 1 is 1.11 bits per heavy atom. The van der Waals surface area contributed by atoms with E-state index in [1.807, 2.05) is 0 Å². The van der Waals surface area contributed by atoms with Crippen LogP contribution in [0.4, 0.5) is 28.6 Å². The molecular weight excluding hydrogens is 381 g/mol. The van der Waals surface area contributed by atoms with Crippen molar-refractivity contribution >= 4 is 18.0 Å². The molecule has 0 radical (unpaired) electrons. The number of ether oxygens (including phenoxy) is 2. The van der Waals surface area contributed by atoms with Crippen LogP contribution in [0.2, 0.25) is 0 Å². The smallest absolute Gasteiger partial charge is 0.425 e. The van der Waals surface area contributed by atoms with Crippen molar-refractivity contribution < 1.29 is 32.2 Å². The highest BCUT2D eigenvalue weighted by molar-refractivity contribution is 6.09. The van der Waals surface area contributed by atoms with Crippen molar-refractivity contribution in [2.75, 3.05) is 4.90 Å². The van der Waals surface area contributed by atoms with Gasteiger partial charge in [0.15, 0.2) is 5.82 Å². The molecule has 156 valence electrons. The molecule has 1 atom stereocenters. The van der Waals surface area contributed by atoms with Crippen LogP contribution in [0, 0.1) is 11.3 Å². The van der Waals surface area contributed by atoms with E-state index in [1.54, 1.807) is 6.07 Å². The van der Waals surface area contributed by atoms with Gasteiger partial charge in [0.1, 0.15) is 28.9 Å². The van der Waals surface area contributed by atoms with Crippen LogP contribution in [0.3, 0.4) is 0 Å². The molecule has 0 saturated carbocycles. The Balaban J connectivity index is 3.62. The summed E-state index contributed by atoms with van der Waals surface area (Å²) >= 11 is 0. The van der Waals surface area contributed by atoms with Crippen LogP contribution in [0.1, 0.15) is 60.1 Å². The molecule has 28 heavy (non-hydrogen) atoms. The summed E-state index contributed by atoms with van der Waals surface area (Å²) in [5.74, 6) is -0.684. The molecule has 0 N–H and O–H groups in total. The Kier molecular flexibility index (Phi) is 6.39. The molecule has 0 aliphatic rings. The molecule has 0 unspecified atom stereocenters. The van der Waals surface area contributed by atoms with E-state index in [0.717, 1.165) is 13.1 Å². The third-order valence-corrected chi connectivity index (χ3v) is 3.09. The van der Waals surface area contributed by atoms with Crippen molar-refractivity contribution in [2.24, 2.45) is 0 Å². The summed E-state index contributed by atoms with van der Waals surface area (Å²) in [6, 6.07) is -0.595. The Bertz CT molecular complexity index is 754. The molecule has 0 aromatic carbocycles. The highest BCUT2D eigenvalue weighted by Gasteiger charge is 2.43. The minimum atomic E-state index is -4.75. The van der Waals surface area contributed by atoms with E-state index in [4.69, 9.17) is 9.47 Å². The molecule has 1 heterocycles. The van der Waals surface area contributed by atoms with Gasteiger partial charge in [0.05, 0.1) is 6.20 Å². The third-order valence-electron chi connectivity index (χ3n) is 3.09. The molecule has 0 fully saturated rings. The topological polar surface area (TPSA) is 97.5 Å². The van der Waals surface area contributed by atoms with Crippen LogP contribution >= 0.6 is 0 Å². The van der Waals surface area contributed by atoms with E-state index in [9.17, 15) is 28.0 Å². The highest BCUT2D eigenvalue weighted by atomic mass is 19.4. The zero-order valence-electron chi connectivity index (χ0n) is 16.7. The summed E-state index contributed by atoms with van der Waals surface area (Å²) in [6.07, 6.45) is -6.51. The first kappa shape index (κ1) is 23.3. The molecule has 1 aromatic heterocycles. The van der Waals surface area contributed by atoms with Crippen molar-refractivity contribution in [3.63, 3.8) is 0 Å². The van der Waals surface area contributed by atoms with Crippen molar-refractivity contribution in [2.45, 2.75) is 71.9 Å². The minimum absolute atomic E-state index is 0.254. The van der Waals surface area contributed by atoms with Crippen LogP contribution in [0.5, 0.6) is 0 Å². The maximum Gasteiger partial charge on any atom is 0.425 e. The summed E-state index contributed by atoms with van der Waals surface area (Å²) in [4.78, 5) is 25.6. The van der Waals surface area contributed by atoms with E-state index in [0.29, 0.717) is 4.68 Å². The molecule has 0 aliphatic heterocycles. The summed E-state index contributed by atoms with van der Waals surface area (Å²) < 4.78 is 50.4. The van der Waals surface area contributed by atoms with E-state index >= 15 is 0 Å². The molecule has 0 spiro atoms. The van der Waals surface area contributed by atoms with Gasteiger partial charge in [-0.2, -0.15) is 28.4 Å². The number of rotatable bonds is 2. The van der Waals surface area contributed by atoms with Crippen molar-refractivity contribution in [1.82, 2.24) is 9.78 Å². The van der Waals surface area contributed by atoms with Gasteiger partial charge in [-0.3, -0.25) is 0 Å². The number of carbonyl (C=O) groups excluding carboxylic acids is 2. The van der Waals surface area contributed by atoms with Crippen molar-refractivity contribution in [3.05, 3.63) is 11.8 Å². The molecule has 2 amide bonds. The van der Waals surface area contributed by atoms with Gasteiger partial charge in [-0.05, 0) is 48.5 Å². The lowest BCUT2D eigenvalue weighted by molar-refractivity contribution is -0.165. The molecule has 0 bridgehead atoms. The first-order chi connectivity index (χ1) is 12.5. The zero-order chi connectivity index (χ0) is 22.1. The maximum absolute atomic E-state index is 13.2. The summed E-state index contributed by atoms with van der Waals surface area (Å²) in [6.45, 7) is 9.86. The number of hydrogen-bond donors (Lipinski definition) is 0. The van der Waals surface area contributed by atoms with E-state index in [-0.39, 0.29) is 4.90 Å². The number of carbonyl (C=O) groups is 2. The SMILES string of the molecule is C[C@H](n1ncc(C#N)c1N(C(=O)OC(C)(C)C)C(=O)OC(C)(C)C)C(F)(F)F. The van der Waals surface area contributed by atoms with Gasteiger partial charge in [0, 0.05) is 0 Å².